The lowest BCUT2D eigenvalue weighted by Gasteiger charge is -2.09. The van der Waals surface area contributed by atoms with Crippen LogP contribution in [-0.2, 0) is 6.42 Å². The molecule has 2 N–H and O–H groups in total. The summed E-state index contributed by atoms with van der Waals surface area (Å²) in [5.41, 5.74) is 4.52. The largest absolute Gasteiger partial charge is 0.444 e. The van der Waals surface area contributed by atoms with Crippen LogP contribution in [0.1, 0.15) is 16.8 Å². The molecule has 0 aliphatic heterocycles. The van der Waals surface area contributed by atoms with Gasteiger partial charge in [-0.25, -0.2) is 9.78 Å². The molecule has 2 aromatic carbocycles. The molecule has 0 spiro atoms. The van der Waals surface area contributed by atoms with E-state index in [9.17, 15) is 4.79 Å². The lowest BCUT2D eigenvalue weighted by atomic mass is 10.1. The molecule has 26 heavy (non-hydrogen) atoms. The summed E-state index contributed by atoms with van der Waals surface area (Å²) in [5.74, 6) is 0.580. The summed E-state index contributed by atoms with van der Waals surface area (Å²) in [6, 6.07) is 13.1. The van der Waals surface area contributed by atoms with E-state index >= 15 is 0 Å². The van der Waals surface area contributed by atoms with Crippen LogP contribution in [0.3, 0.4) is 0 Å². The molecule has 0 aliphatic carbocycles. The molecule has 0 aliphatic rings. The summed E-state index contributed by atoms with van der Waals surface area (Å²) < 4.78 is 5.51. The Balaban J connectivity index is 1.50. The zero-order chi connectivity index (χ0) is 18.5. The van der Waals surface area contributed by atoms with Gasteiger partial charge in [0.25, 0.3) is 0 Å². The van der Waals surface area contributed by atoms with Crippen molar-refractivity contribution in [2.75, 3.05) is 11.9 Å². The van der Waals surface area contributed by atoms with Gasteiger partial charge in [0, 0.05) is 18.5 Å². The van der Waals surface area contributed by atoms with E-state index in [4.69, 9.17) is 16.0 Å². The van der Waals surface area contributed by atoms with Crippen molar-refractivity contribution in [2.45, 2.75) is 20.3 Å². The summed E-state index contributed by atoms with van der Waals surface area (Å²) in [7, 11) is 0. The lowest BCUT2D eigenvalue weighted by molar-refractivity contribution is 0.252. The van der Waals surface area contributed by atoms with E-state index in [1.807, 2.05) is 44.2 Å². The number of nitrogens with one attached hydrogen (secondary N) is 2. The second-order valence-corrected chi connectivity index (χ2v) is 6.53. The summed E-state index contributed by atoms with van der Waals surface area (Å²) in [5, 5.41) is 6.04. The number of anilines is 1. The molecule has 5 nitrogen and oxygen atoms in total. The van der Waals surface area contributed by atoms with Gasteiger partial charge < -0.3 is 15.1 Å². The quantitative estimate of drug-likeness (QED) is 0.666. The fourth-order valence-corrected chi connectivity index (χ4v) is 2.72. The Morgan fingerprint density at radius 1 is 1.12 bits per heavy atom. The predicted octanol–water partition coefficient (Wildman–Crippen LogP) is 4.98. The molecule has 0 fully saturated rings. The summed E-state index contributed by atoms with van der Waals surface area (Å²) >= 11 is 6.11. The van der Waals surface area contributed by atoms with Crippen LogP contribution in [-0.4, -0.2) is 17.6 Å². The molecule has 0 saturated carbocycles. The molecule has 6 heteroatoms. The van der Waals surface area contributed by atoms with Crippen LogP contribution >= 0.6 is 11.6 Å². The van der Waals surface area contributed by atoms with Gasteiger partial charge in [-0.05, 0) is 43.7 Å². The maximum atomic E-state index is 12.0. The minimum absolute atomic E-state index is 0.307. The Hall–Kier alpha value is -2.79. The topological polar surface area (TPSA) is 67.2 Å². The Kier molecular flexibility index (Phi) is 5.58. The SMILES string of the molecule is Cc1ccc(-c2nc(CCNC(=O)Nc3ccc(C)cc3Cl)co2)cc1. The van der Waals surface area contributed by atoms with E-state index in [0.29, 0.717) is 29.6 Å². The zero-order valence-corrected chi connectivity index (χ0v) is 15.4. The van der Waals surface area contributed by atoms with E-state index in [-0.39, 0.29) is 6.03 Å². The van der Waals surface area contributed by atoms with E-state index < -0.39 is 0 Å². The maximum Gasteiger partial charge on any atom is 0.319 e. The molecule has 0 radical (unpaired) electrons. The van der Waals surface area contributed by atoms with Gasteiger partial charge in [-0.2, -0.15) is 0 Å². The number of amides is 2. The average Bonchev–Trinajstić information content (AvgIpc) is 3.07. The lowest BCUT2D eigenvalue weighted by Crippen LogP contribution is -2.30. The number of oxazole rings is 1. The molecule has 0 bridgehead atoms. The molecule has 0 unspecified atom stereocenters. The van der Waals surface area contributed by atoms with Crippen molar-refractivity contribution in [2.24, 2.45) is 0 Å². The normalized spacial score (nSPS) is 10.6. The standard InChI is InChI=1S/C20H20ClN3O2/c1-13-3-6-15(7-4-13)19-23-16(12-26-19)9-10-22-20(25)24-18-8-5-14(2)11-17(18)21/h3-8,11-12H,9-10H2,1-2H3,(H2,22,24,25). The van der Waals surface area contributed by atoms with Crippen LogP contribution in [0, 0.1) is 13.8 Å². The highest BCUT2D eigenvalue weighted by atomic mass is 35.5. The number of urea groups is 1. The molecule has 0 atom stereocenters. The number of halogens is 1. The average molecular weight is 370 g/mol. The van der Waals surface area contributed by atoms with Crippen molar-refractivity contribution in [1.82, 2.24) is 10.3 Å². The summed E-state index contributed by atoms with van der Waals surface area (Å²) in [6.45, 7) is 4.42. The van der Waals surface area contributed by atoms with Gasteiger partial charge in [0.1, 0.15) is 6.26 Å². The molecular formula is C20H20ClN3O2. The third-order valence-electron chi connectivity index (χ3n) is 3.89. The Morgan fingerprint density at radius 3 is 2.58 bits per heavy atom. The van der Waals surface area contributed by atoms with Crippen molar-refractivity contribution < 1.29 is 9.21 Å². The van der Waals surface area contributed by atoms with Gasteiger partial charge in [-0.15, -0.1) is 0 Å². The highest BCUT2D eigenvalue weighted by molar-refractivity contribution is 6.33. The van der Waals surface area contributed by atoms with Gasteiger partial charge >= 0.3 is 6.03 Å². The number of nitrogens with zero attached hydrogens (tertiary/aromatic N) is 1. The van der Waals surface area contributed by atoms with Crippen LogP contribution in [0.4, 0.5) is 10.5 Å². The van der Waals surface area contributed by atoms with Gasteiger partial charge in [0.05, 0.1) is 16.4 Å². The number of carbonyl (C=O) groups excluding carboxylic acids is 1. The molecule has 1 aromatic heterocycles. The van der Waals surface area contributed by atoms with Crippen LogP contribution in [0.15, 0.2) is 53.1 Å². The molecular weight excluding hydrogens is 350 g/mol. The van der Waals surface area contributed by atoms with E-state index in [1.165, 1.54) is 5.56 Å². The van der Waals surface area contributed by atoms with Crippen molar-refractivity contribution in [3.05, 3.63) is 70.6 Å². The highest BCUT2D eigenvalue weighted by Crippen LogP contribution is 2.22. The Bertz CT molecular complexity index is 904. The van der Waals surface area contributed by atoms with E-state index in [2.05, 4.69) is 15.6 Å². The van der Waals surface area contributed by atoms with Crippen molar-refractivity contribution in [3.63, 3.8) is 0 Å². The van der Waals surface area contributed by atoms with Crippen molar-refractivity contribution in [1.29, 1.82) is 0 Å². The van der Waals surface area contributed by atoms with Crippen LogP contribution < -0.4 is 10.6 Å². The third kappa shape index (κ3) is 4.64. The first-order valence-corrected chi connectivity index (χ1v) is 8.71. The predicted molar refractivity (Wildman–Crippen MR) is 104 cm³/mol. The summed E-state index contributed by atoms with van der Waals surface area (Å²) in [6.07, 6.45) is 2.19. The number of rotatable bonds is 5. The van der Waals surface area contributed by atoms with Crippen LogP contribution in [0.5, 0.6) is 0 Å². The molecule has 0 saturated heterocycles. The smallest absolute Gasteiger partial charge is 0.319 e. The fourth-order valence-electron chi connectivity index (χ4n) is 2.44. The third-order valence-corrected chi connectivity index (χ3v) is 4.20. The van der Waals surface area contributed by atoms with Crippen molar-refractivity contribution in [3.8, 4) is 11.5 Å². The van der Waals surface area contributed by atoms with Crippen LogP contribution in [0.2, 0.25) is 5.02 Å². The number of aromatic nitrogens is 1. The number of hydrogen-bond acceptors (Lipinski definition) is 3. The number of benzene rings is 2. The van der Waals surface area contributed by atoms with E-state index in [0.717, 1.165) is 16.8 Å². The fraction of sp³-hybridized carbons (Fsp3) is 0.200. The molecule has 134 valence electrons. The number of hydrogen-bond donors (Lipinski definition) is 2. The van der Waals surface area contributed by atoms with Crippen LogP contribution in [0.25, 0.3) is 11.5 Å². The molecule has 3 rings (SSSR count). The van der Waals surface area contributed by atoms with Gasteiger partial charge in [0.15, 0.2) is 0 Å². The van der Waals surface area contributed by atoms with Gasteiger partial charge in [-0.3, -0.25) is 0 Å². The first kappa shape index (κ1) is 18.0. The second kappa shape index (κ2) is 8.06. The second-order valence-electron chi connectivity index (χ2n) is 6.12. The Morgan fingerprint density at radius 2 is 1.85 bits per heavy atom. The Labute approximate surface area is 157 Å². The van der Waals surface area contributed by atoms with E-state index in [1.54, 1.807) is 18.4 Å². The zero-order valence-electron chi connectivity index (χ0n) is 14.7. The summed E-state index contributed by atoms with van der Waals surface area (Å²) in [4.78, 5) is 16.4. The molecule has 1 heterocycles. The van der Waals surface area contributed by atoms with Gasteiger partial charge in [-0.1, -0.05) is 35.4 Å². The first-order chi connectivity index (χ1) is 12.5. The minimum Gasteiger partial charge on any atom is -0.444 e. The van der Waals surface area contributed by atoms with Crippen molar-refractivity contribution >= 4 is 23.3 Å². The minimum atomic E-state index is -0.307. The van der Waals surface area contributed by atoms with Gasteiger partial charge in [0.2, 0.25) is 5.89 Å². The highest BCUT2D eigenvalue weighted by Gasteiger charge is 2.08. The molecule has 2 amide bonds. The maximum absolute atomic E-state index is 12.0. The first-order valence-electron chi connectivity index (χ1n) is 8.34. The number of aryl methyl sites for hydroxylation is 2. The molecule has 3 aromatic rings. The number of carbonyl (C=O) groups is 1. The monoisotopic (exact) mass is 369 g/mol.